The summed E-state index contributed by atoms with van der Waals surface area (Å²) < 4.78 is 31.8. The normalized spacial score (nSPS) is 18.7. The molecule has 0 saturated carbocycles. The molecule has 9 heteroatoms. The Morgan fingerprint density at radius 3 is 2.81 bits per heavy atom. The molecule has 1 aromatic carbocycles. The zero-order valence-corrected chi connectivity index (χ0v) is 15.4. The highest BCUT2D eigenvalue weighted by Crippen LogP contribution is 2.23. The van der Waals surface area contributed by atoms with Crippen molar-refractivity contribution in [2.24, 2.45) is 0 Å². The van der Waals surface area contributed by atoms with Gasteiger partial charge in [-0.25, -0.2) is 8.42 Å². The van der Waals surface area contributed by atoms with Crippen molar-refractivity contribution in [2.45, 2.75) is 37.7 Å². The van der Waals surface area contributed by atoms with Crippen LogP contribution in [0.4, 0.5) is 5.69 Å². The summed E-state index contributed by atoms with van der Waals surface area (Å²) in [5, 5.41) is 16.2. The first-order chi connectivity index (χ1) is 12.3. The monoisotopic (exact) mass is 379 g/mol. The number of anilines is 1. The van der Waals surface area contributed by atoms with Crippen LogP contribution in [0.15, 0.2) is 33.7 Å². The highest BCUT2D eigenvalue weighted by molar-refractivity contribution is 7.89. The number of nitrogens with one attached hydrogen (secondary N) is 1. The van der Waals surface area contributed by atoms with Crippen LogP contribution in [0.3, 0.4) is 0 Å². The lowest BCUT2D eigenvalue weighted by molar-refractivity contribution is 0.102. The molecule has 0 aliphatic carbocycles. The molecule has 2 N–H and O–H groups in total. The van der Waals surface area contributed by atoms with E-state index in [2.05, 4.69) is 10.5 Å². The van der Waals surface area contributed by atoms with Crippen molar-refractivity contribution in [1.29, 1.82) is 0 Å². The van der Waals surface area contributed by atoms with Crippen molar-refractivity contribution in [1.82, 2.24) is 9.46 Å². The molecule has 0 spiro atoms. The molecular weight excluding hydrogens is 358 g/mol. The molecular formula is C17H21N3O5S. The van der Waals surface area contributed by atoms with Gasteiger partial charge in [0, 0.05) is 18.7 Å². The Hall–Kier alpha value is -2.23. The maximum atomic E-state index is 12.8. The maximum Gasteiger partial charge on any atom is 0.255 e. The highest BCUT2D eigenvalue weighted by atomic mass is 32.2. The molecule has 2 heterocycles. The van der Waals surface area contributed by atoms with E-state index in [0.29, 0.717) is 36.5 Å². The molecule has 0 bridgehead atoms. The lowest BCUT2D eigenvalue weighted by atomic mass is 10.1. The highest BCUT2D eigenvalue weighted by Gasteiger charge is 2.30. The Balaban J connectivity index is 1.84. The van der Waals surface area contributed by atoms with Gasteiger partial charge in [-0.15, -0.1) is 0 Å². The number of aliphatic hydroxyl groups excluding tert-OH is 1. The van der Waals surface area contributed by atoms with E-state index in [1.165, 1.54) is 28.6 Å². The molecule has 26 heavy (non-hydrogen) atoms. The minimum Gasteiger partial charge on any atom is -0.392 e. The molecule has 1 aliphatic heterocycles. The van der Waals surface area contributed by atoms with E-state index < -0.39 is 22.0 Å². The number of aromatic nitrogens is 1. The van der Waals surface area contributed by atoms with Gasteiger partial charge in [0.2, 0.25) is 10.0 Å². The van der Waals surface area contributed by atoms with E-state index >= 15 is 0 Å². The summed E-state index contributed by atoms with van der Waals surface area (Å²) in [6, 6.07) is 5.85. The van der Waals surface area contributed by atoms with Gasteiger partial charge < -0.3 is 14.9 Å². The second-order valence-corrected chi connectivity index (χ2v) is 8.28. The van der Waals surface area contributed by atoms with Crippen molar-refractivity contribution in [3.63, 3.8) is 0 Å². The predicted octanol–water partition coefficient (Wildman–Crippen LogP) is 1.69. The SMILES string of the molecule is Cc1noc(C)c1NC(=O)c1cccc(S(=O)(=O)N2CCCC(O)C2)c1. The van der Waals surface area contributed by atoms with Crippen LogP contribution < -0.4 is 5.32 Å². The van der Waals surface area contributed by atoms with E-state index in [9.17, 15) is 18.3 Å². The second kappa shape index (κ2) is 7.18. The Labute approximate surface area is 151 Å². The van der Waals surface area contributed by atoms with Crippen LogP contribution in [-0.4, -0.2) is 48.1 Å². The fraction of sp³-hybridized carbons (Fsp3) is 0.412. The molecule has 0 radical (unpaired) electrons. The molecule has 1 atom stereocenters. The number of benzene rings is 1. The summed E-state index contributed by atoms with van der Waals surface area (Å²) in [6.07, 6.45) is 0.531. The summed E-state index contributed by atoms with van der Waals surface area (Å²) in [5.41, 5.74) is 1.23. The Bertz CT molecular complexity index is 903. The largest absolute Gasteiger partial charge is 0.392 e. The zero-order chi connectivity index (χ0) is 18.9. The molecule has 140 valence electrons. The van der Waals surface area contributed by atoms with Gasteiger partial charge in [-0.2, -0.15) is 4.31 Å². The van der Waals surface area contributed by atoms with Crippen LogP contribution in [0.5, 0.6) is 0 Å². The first-order valence-corrected chi connectivity index (χ1v) is 9.75. The predicted molar refractivity (Wildman–Crippen MR) is 94.4 cm³/mol. The summed E-state index contributed by atoms with van der Waals surface area (Å²) in [5.74, 6) is 0.0251. The number of carbonyl (C=O) groups is 1. The van der Waals surface area contributed by atoms with E-state index in [0.717, 1.165) is 0 Å². The Morgan fingerprint density at radius 1 is 1.38 bits per heavy atom. The van der Waals surface area contributed by atoms with Gasteiger partial charge in [0.15, 0.2) is 5.76 Å². The van der Waals surface area contributed by atoms with Crippen molar-refractivity contribution < 1.29 is 22.8 Å². The zero-order valence-electron chi connectivity index (χ0n) is 14.6. The van der Waals surface area contributed by atoms with Gasteiger partial charge in [0.25, 0.3) is 5.91 Å². The molecule has 1 amide bonds. The molecule has 1 aromatic heterocycles. The molecule has 2 aromatic rings. The number of β-amino-alcohol motifs (C(OH)–C–C–N with tert-alkyl or cyclic N) is 1. The number of amides is 1. The average molecular weight is 379 g/mol. The first-order valence-electron chi connectivity index (χ1n) is 8.31. The molecule has 1 fully saturated rings. The van der Waals surface area contributed by atoms with Crippen molar-refractivity contribution in [2.75, 3.05) is 18.4 Å². The molecule has 3 rings (SSSR count). The number of sulfonamides is 1. The van der Waals surface area contributed by atoms with Gasteiger partial charge >= 0.3 is 0 Å². The van der Waals surface area contributed by atoms with E-state index in [1.807, 2.05) is 0 Å². The van der Waals surface area contributed by atoms with Gasteiger partial charge in [-0.3, -0.25) is 4.79 Å². The minimum atomic E-state index is -3.77. The summed E-state index contributed by atoms with van der Waals surface area (Å²) in [6.45, 7) is 3.81. The molecule has 1 unspecified atom stereocenters. The van der Waals surface area contributed by atoms with Gasteiger partial charge in [0.05, 0.1) is 11.0 Å². The number of aryl methyl sites for hydroxylation is 2. The van der Waals surface area contributed by atoms with Gasteiger partial charge in [0.1, 0.15) is 11.4 Å². The number of rotatable bonds is 4. The van der Waals surface area contributed by atoms with Crippen LogP contribution in [0.25, 0.3) is 0 Å². The van der Waals surface area contributed by atoms with Crippen LogP contribution >= 0.6 is 0 Å². The lowest BCUT2D eigenvalue weighted by Crippen LogP contribution is -2.42. The number of hydrogen-bond acceptors (Lipinski definition) is 6. The van der Waals surface area contributed by atoms with E-state index in [4.69, 9.17) is 4.52 Å². The van der Waals surface area contributed by atoms with Crippen LogP contribution in [0.1, 0.15) is 34.7 Å². The van der Waals surface area contributed by atoms with Crippen LogP contribution in [0, 0.1) is 13.8 Å². The Morgan fingerprint density at radius 2 is 2.15 bits per heavy atom. The number of carbonyl (C=O) groups excluding carboxylic acids is 1. The van der Waals surface area contributed by atoms with Gasteiger partial charge in [-0.05, 0) is 44.9 Å². The third kappa shape index (κ3) is 3.64. The number of aliphatic hydroxyl groups is 1. The van der Waals surface area contributed by atoms with Crippen molar-refractivity contribution in [3.05, 3.63) is 41.3 Å². The smallest absolute Gasteiger partial charge is 0.255 e. The third-order valence-electron chi connectivity index (χ3n) is 4.37. The topological polar surface area (TPSA) is 113 Å². The third-order valence-corrected chi connectivity index (χ3v) is 6.23. The van der Waals surface area contributed by atoms with Gasteiger partial charge in [-0.1, -0.05) is 11.2 Å². The fourth-order valence-electron chi connectivity index (χ4n) is 2.93. The average Bonchev–Trinajstić information content (AvgIpc) is 2.94. The maximum absolute atomic E-state index is 12.8. The van der Waals surface area contributed by atoms with Crippen LogP contribution in [-0.2, 0) is 10.0 Å². The van der Waals surface area contributed by atoms with Crippen molar-refractivity contribution in [3.8, 4) is 0 Å². The quantitative estimate of drug-likeness (QED) is 0.836. The second-order valence-electron chi connectivity index (χ2n) is 6.34. The van der Waals surface area contributed by atoms with Crippen molar-refractivity contribution >= 4 is 21.6 Å². The first kappa shape index (κ1) is 18.6. The number of piperidine rings is 1. The summed E-state index contributed by atoms with van der Waals surface area (Å²) in [4.78, 5) is 12.5. The molecule has 1 aliphatic rings. The standard InChI is InChI=1S/C17H21N3O5S/c1-11-16(12(2)25-19-11)18-17(22)13-5-3-7-15(9-13)26(23,24)20-8-4-6-14(21)10-20/h3,5,7,9,14,21H,4,6,8,10H2,1-2H3,(H,18,22). The summed E-state index contributed by atoms with van der Waals surface area (Å²) >= 11 is 0. The van der Waals surface area contributed by atoms with E-state index in [-0.39, 0.29) is 17.0 Å². The van der Waals surface area contributed by atoms with E-state index in [1.54, 1.807) is 13.8 Å². The lowest BCUT2D eigenvalue weighted by Gasteiger charge is -2.29. The molecule has 8 nitrogen and oxygen atoms in total. The summed E-state index contributed by atoms with van der Waals surface area (Å²) in [7, 11) is -3.77. The van der Waals surface area contributed by atoms with Crippen LogP contribution in [0.2, 0.25) is 0 Å². The minimum absolute atomic E-state index is 0.0259. The number of nitrogens with zero attached hydrogens (tertiary/aromatic N) is 2. The number of hydrogen-bond donors (Lipinski definition) is 2. The fourth-order valence-corrected chi connectivity index (χ4v) is 4.50. The molecule has 1 saturated heterocycles. The Kier molecular flexibility index (Phi) is 5.12.